The fraction of sp³-hybridized carbons (Fsp3) is 0.733. The summed E-state index contributed by atoms with van der Waals surface area (Å²) in [6.45, 7) is 0.394. The van der Waals surface area contributed by atoms with Crippen LogP contribution in [0.25, 0.3) is 0 Å². The molecule has 0 aromatic rings. The first kappa shape index (κ1) is 19.9. The number of carbonyl (C=O) groups is 4. The number of urea groups is 2. The smallest absolute Gasteiger partial charge is 0.321 e. The number of amides is 6. The molecule has 0 aromatic carbocycles. The summed E-state index contributed by atoms with van der Waals surface area (Å²) < 4.78 is 0. The lowest BCUT2D eigenvalue weighted by molar-refractivity contribution is -0.121. The second kappa shape index (κ2) is 10.5. The van der Waals surface area contributed by atoms with Crippen molar-refractivity contribution in [1.82, 2.24) is 21.3 Å². The average Bonchev–Trinajstić information content (AvgIpc) is 3.29. The predicted molar refractivity (Wildman–Crippen MR) is 98.1 cm³/mol. The van der Waals surface area contributed by atoms with Crippen LogP contribution in [0.2, 0.25) is 0 Å². The number of hydrogen-bond donors (Lipinski definition) is 4. The molecule has 0 aliphatic heterocycles. The Morgan fingerprint density at radius 1 is 0.880 bits per heavy atom. The van der Waals surface area contributed by atoms with Crippen LogP contribution >= 0.6 is 21.6 Å². The maximum Gasteiger partial charge on any atom is 0.321 e. The maximum atomic E-state index is 11.6. The Morgan fingerprint density at radius 2 is 1.60 bits per heavy atom. The van der Waals surface area contributed by atoms with Gasteiger partial charge in [0.2, 0.25) is 11.8 Å². The standard InChI is InChI=1S/C15H24N4O4S2/c20-12(18-15(23)17-11-3-1-2-4-11)9-25-24-8-7-16-14(22)19-13(21)10-5-6-10/h10-11H,1-9H2,(H2,16,19,21,22)(H2,17,18,20,23). The maximum absolute atomic E-state index is 11.6. The molecule has 2 aliphatic rings. The minimum absolute atomic E-state index is 0.0000574. The van der Waals surface area contributed by atoms with Crippen molar-refractivity contribution < 1.29 is 19.2 Å². The summed E-state index contributed by atoms with van der Waals surface area (Å²) >= 11 is 0. The zero-order chi connectivity index (χ0) is 18.1. The van der Waals surface area contributed by atoms with Crippen LogP contribution in [0.5, 0.6) is 0 Å². The Hall–Kier alpha value is -1.42. The molecule has 0 saturated heterocycles. The van der Waals surface area contributed by atoms with Gasteiger partial charge in [0.15, 0.2) is 0 Å². The van der Waals surface area contributed by atoms with E-state index in [4.69, 9.17) is 0 Å². The van der Waals surface area contributed by atoms with E-state index in [1.54, 1.807) is 0 Å². The van der Waals surface area contributed by atoms with Crippen LogP contribution in [-0.4, -0.2) is 48.0 Å². The van der Waals surface area contributed by atoms with E-state index in [0.29, 0.717) is 12.3 Å². The first-order chi connectivity index (χ1) is 12.0. The quantitative estimate of drug-likeness (QED) is 0.369. The molecule has 25 heavy (non-hydrogen) atoms. The Labute approximate surface area is 154 Å². The number of nitrogens with one attached hydrogen (secondary N) is 4. The Balaban J connectivity index is 1.42. The van der Waals surface area contributed by atoms with Crippen molar-refractivity contribution in [2.24, 2.45) is 5.92 Å². The molecule has 0 heterocycles. The van der Waals surface area contributed by atoms with Crippen LogP contribution in [0, 0.1) is 5.92 Å². The summed E-state index contributed by atoms with van der Waals surface area (Å²) in [6, 6.07) is -0.733. The highest BCUT2D eigenvalue weighted by Crippen LogP contribution is 2.28. The van der Waals surface area contributed by atoms with Gasteiger partial charge in [-0.15, -0.1) is 0 Å². The van der Waals surface area contributed by atoms with Crippen LogP contribution in [0.3, 0.4) is 0 Å². The van der Waals surface area contributed by atoms with E-state index < -0.39 is 12.1 Å². The summed E-state index contributed by atoms with van der Waals surface area (Å²) in [6.07, 6.45) is 5.88. The van der Waals surface area contributed by atoms with Crippen molar-refractivity contribution >= 4 is 45.5 Å². The largest absolute Gasteiger partial charge is 0.337 e. The normalized spacial score (nSPS) is 17.0. The predicted octanol–water partition coefficient (Wildman–Crippen LogP) is 1.37. The van der Waals surface area contributed by atoms with Crippen LogP contribution in [0.4, 0.5) is 9.59 Å². The van der Waals surface area contributed by atoms with Crippen molar-refractivity contribution in [2.75, 3.05) is 18.1 Å². The number of carbonyl (C=O) groups excluding carboxylic acids is 4. The monoisotopic (exact) mass is 388 g/mol. The summed E-state index contributed by atoms with van der Waals surface area (Å²) in [5, 5.41) is 9.98. The third-order valence-electron chi connectivity index (χ3n) is 3.87. The number of imide groups is 2. The first-order valence-electron chi connectivity index (χ1n) is 8.48. The zero-order valence-corrected chi connectivity index (χ0v) is 15.6. The van der Waals surface area contributed by atoms with Crippen molar-refractivity contribution in [3.8, 4) is 0 Å². The molecule has 4 N–H and O–H groups in total. The van der Waals surface area contributed by atoms with Gasteiger partial charge in [0, 0.05) is 24.3 Å². The molecule has 140 valence electrons. The minimum atomic E-state index is -0.483. The lowest BCUT2D eigenvalue weighted by Crippen LogP contribution is -2.44. The molecule has 0 radical (unpaired) electrons. The lowest BCUT2D eigenvalue weighted by Gasteiger charge is -2.12. The van der Waals surface area contributed by atoms with Crippen LogP contribution < -0.4 is 21.3 Å². The van der Waals surface area contributed by atoms with Crippen LogP contribution in [-0.2, 0) is 9.59 Å². The zero-order valence-electron chi connectivity index (χ0n) is 14.0. The van der Waals surface area contributed by atoms with E-state index in [2.05, 4.69) is 21.3 Å². The molecule has 2 saturated carbocycles. The van der Waals surface area contributed by atoms with Crippen molar-refractivity contribution in [3.05, 3.63) is 0 Å². The molecule has 10 heteroatoms. The Kier molecular flexibility index (Phi) is 8.39. The molecule has 2 rings (SSSR count). The van der Waals surface area contributed by atoms with E-state index in [9.17, 15) is 19.2 Å². The molecule has 2 aliphatic carbocycles. The van der Waals surface area contributed by atoms with Gasteiger partial charge in [0.1, 0.15) is 0 Å². The molecule has 0 unspecified atom stereocenters. The molecule has 0 atom stereocenters. The molecule has 0 bridgehead atoms. The Bertz CT molecular complexity index is 508. The highest BCUT2D eigenvalue weighted by Gasteiger charge is 2.30. The van der Waals surface area contributed by atoms with Gasteiger partial charge in [-0.05, 0) is 25.7 Å². The van der Waals surface area contributed by atoms with Gasteiger partial charge in [0.05, 0.1) is 5.75 Å². The number of hydrogen-bond acceptors (Lipinski definition) is 6. The molecule has 2 fully saturated rings. The lowest BCUT2D eigenvalue weighted by atomic mass is 10.2. The second-order valence-electron chi connectivity index (χ2n) is 6.11. The van der Waals surface area contributed by atoms with Gasteiger partial charge < -0.3 is 10.6 Å². The SMILES string of the molecule is O=C(CSSCCNC(=O)NC(=O)C1CC1)NC(=O)NC1CCCC1. The van der Waals surface area contributed by atoms with Gasteiger partial charge in [-0.1, -0.05) is 34.4 Å². The fourth-order valence-corrected chi connectivity index (χ4v) is 4.16. The molecule has 0 aromatic heterocycles. The minimum Gasteiger partial charge on any atom is -0.337 e. The van der Waals surface area contributed by atoms with Gasteiger partial charge >= 0.3 is 12.1 Å². The van der Waals surface area contributed by atoms with Crippen LogP contribution in [0.15, 0.2) is 0 Å². The third-order valence-corrected chi connectivity index (χ3v) is 6.14. The summed E-state index contributed by atoms with van der Waals surface area (Å²) in [4.78, 5) is 46.0. The van der Waals surface area contributed by atoms with E-state index in [1.165, 1.54) is 21.6 Å². The molecular weight excluding hydrogens is 364 g/mol. The second-order valence-corrected chi connectivity index (χ2v) is 8.69. The van der Waals surface area contributed by atoms with Gasteiger partial charge in [0.25, 0.3) is 0 Å². The average molecular weight is 389 g/mol. The summed E-state index contributed by atoms with van der Waals surface area (Å²) in [7, 11) is 2.73. The van der Waals surface area contributed by atoms with E-state index in [-0.39, 0.29) is 29.5 Å². The topological polar surface area (TPSA) is 116 Å². The number of rotatable bonds is 8. The molecular formula is C15H24N4O4S2. The van der Waals surface area contributed by atoms with Crippen molar-refractivity contribution in [2.45, 2.75) is 44.6 Å². The molecule has 8 nitrogen and oxygen atoms in total. The van der Waals surface area contributed by atoms with Gasteiger partial charge in [-0.2, -0.15) is 0 Å². The van der Waals surface area contributed by atoms with Crippen molar-refractivity contribution in [1.29, 1.82) is 0 Å². The van der Waals surface area contributed by atoms with Crippen molar-refractivity contribution in [3.63, 3.8) is 0 Å². The fourth-order valence-electron chi connectivity index (χ4n) is 2.42. The molecule has 0 spiro atoms. The summed E-state index contributed by atoms with van der Waals surface area (Å²) in [5.74, 6) is 0.202. The van der Waals surface area contributed by atoms with Gasteiger partial charge in [-0.3, -0.25) is 20.2 Å². The van der Waals surface area contributed by atoms with E-state index in [1.807, 2.05) is 0 Å². The molecule has 6 amide bonds. The third kappa shape index (κ3) is 8.48. The van der Waals surface area contributed by atoms with Crippen LogP contribution in [0.1, 0.15) is 38.5 Å². The first-order valence-corrected chi connectivity index (χ1v) is 11.0. The van der Waals surface area contributed by atoms with E-state index in [0.717, 1.165) is 38.5 Å². The Morgan fingerprint density at radius 3 is 2.28 bits per heavy atom. The van der Waals surface area contributed by atoms with E-state index >= 15 is 0 Å². The summed E-state index contributed by atoms with van der Waals surface area (Å²) in [5.41, 5.74) is 0. The highest BCUT2D eigenvalue weighted by atomic mass is 33.1. The van der Waals surface area contributed by atoms with Gasteiger partial charge in [-0.25, -0.2) is 9.59 Å². The highest BCUT2D eigenvalue weighted by molar-refractivity contribution is 8.76.